The predicted molar refractivity (Wildman–Crippen MR) is 113 cm³/mol. The second kappa shape index (κ2) is 9.73. The minimum atomic E-state index is -4.34. The lowest BCUT2D eigenvalue weighted by Gasteiger charge is -2.21. The zero-order valence-corrected chi connectivity index (χ0v) is 17.2. The molecule has 0 saturated carbocycles. The van der Waals surface area contributed by atoms with Crippen molar-refractivity contribution in [3.05, 3.63) is 59.7 Å². The van der Waals surface area contributed by atoms with E-state index in [0.717, 1.165) is 49.6 Å². The SMILES string of the molecule is CN=C(NCc1cccc(C(F)(F)F)c1)NCC1CCN(c2ccccc2OC)C1. The maximum atomic E-state index is 12.9. The predicted octanol–water partition coefficient (Wildman–Crippen LogP) is 3.91. The minimum Gasteiger partial charge on any atom is -0.495 e. The summed E-state index contributed by atoms with van der Waals surface area (Å²) in [7, 11) is 3.32. The Bertz CT molecular complexity index is 869. The van der Waals surface area contributed by atoms with Gasteiger partial charge < -0.3 is 20.3 Å². The van der Waals surface area contributed by atoms with Crippen molar-refractivity contribution in [3.63, 3.8) is 0 Å². The summed E-state index contributed by atoms with van der Waals surface area (Å²) >= 11 is 0. The van der Waals surface area contributed by atoms with Gasteiger partial charge in [-0.05, 0) is 42.2 Å². The molecule has 0 amide bonds. The van der Waals surface area contributed by atoms with Gasteiger partial charge in [0, 0.05) is 33.2 Å². The summed E-state index contributed by atoms with van der Waals surface area (Å²) < 4.78 is 44.0. The highest BCUT2D eigenvalue weighted by Gasteiger charge is 2.30. The van der Waals surface area contributed by atoms with Crippen LogP contribution in [0.15, 0.2) is 53.5 Å². The summed E-state index contributed by atoms with van der Waals surface area (Å²) in [5, 5.41) is 6.37. The smallest absolute Gasteiger partial charge is 0.416 e. The summed E-state index contributed by atoms with van der Waals surface area (Å²) in [5.74, 6) is 1.87. The normalized spacial score (nSPS) is 17.2. The van der Waals surface area contributed by atoms with Crippen molar-refractivity contribution >= 4 is 11.6 Å². The first-order chi connectivity index (χ1) is 14.4. The maximum Gasteiger partial charge on any atom is 0.416 e. The second-order valence-corrected chi connectivity index (χ2v) is 7.28. The number of alkyl halides is 3. The van der Waals surface area contributed by atoms with Crippen LogP contribution in [0.2, 0.25) is 0 Å². The van der Waals surface area contributed by atoms with Gasteiger partial charge in [0.1, 0.15) is 5.75 Å². The van der Waals surface area contributed by atoms with Crippen molar-refractivity contribution in [2.24, 2.45) is 10.9 Å². The third-order valence-electron chi connectivity index (χ3n) is 5.21. The van der Waals surface area contributed by atoms with E-state index in [4.69, 9.17) is 4.74 Å². The molecule has 3 rings (SSSR count). The number of hydrogen-bond acceptors (Lipinski definition) is 3. The Morgan fingerprint density at radius 2 is 1.97 bits per heavy atom. The van der Waals surface area contributed by atoms with Crippen LogP contribution in [-0.2, 0) is 12.7 Å². The van der Waals surface area contributed by atoms with Gasteiger partial charge in [-0.25, -0.2) is 0 Å². The van der Waals surface area contributed by atoms with Crippen molar-refractivity contribution in [2.45, 2.75) is 19.1 Å². The third kappa shape index (κ3) is 5.58. The number of hydrogen-bond donors (Lipinski definition) is 2. The Hall–Kier alpha value is -2.90. The Labute approximate surface area is 174 Å². The van der Waals surface area contributed by atoms with Gasteiger partial charge in [0.15, 0.2) is 5.96 Å². The number of benzene rings is 2. The van der Waals surface area contributed by atoms with Crippen LogP contribution in [0.25, 0.3) is 0 Å². The van der Waals surface area contributed by atoms with Crippen LogP contribution >= 0.6 is 0 Å². The number of nitrogens with zero attached hydrogens (tertiary/aromatic N) is 2. The summed E-state index contributed by atoms with van der Waals surface area (Å²) in [6.45, 7) is 2.84. The van der Waals surface area contributed by atoms with E-state index < -0.39 is 11.7 Å². The van der Waals surface area contributed by atoms with E-state index in [1.54, 1.807) is 20.2 Å². The molecule has 30 heavy (non-hydrogen) atoms. The van der Waals surface area contributed by atoms with Crippen molar-refractivity contribution < 1.29 is 17.9 Å². The highest BCUT2D eigenvalue weighted by molar-refractivity contribution is 5.79. The van der Waals surface area contributed by atoms with E-state index in [9.17, 15) is 13.2 Å². The molecular formula is C22H27F3N4O. The molecular weight excluding hydrogens is 393 g/mol. The molecule has 1 heterocycles. The second-order valence-electron chi connectivity index (χ2n) is 7.28. The van der Waals surface area contributed by atoms with Gasteiger partial charge in [-0.2, -0.15) is 13.2 Å². The number of anilines is 1. The van der Waals surface area contributed by atoms with Gasteiger partial charge in [-0.15, -0.1) is 0 Å². The van der Waals surface area contributed by atoms with E-state index in [0.29, 0.717) is 17.4 Å². The molecule has 0 radical (unpaired) electrons. The molecule has 2 N–H and O–H groups in total. The molecule has 1 saturated heterocycles. The number of halogens is 3. The molecule has 162 valence electrons. The molecule has 8 heteroatoms. The van der Waals surface area contributed by atoms with Crippen molar-refractivity contribution in [1.82, 2.24) is 10.6 Å². The average Bonchev–Trinajstić information content (AvgIpc) is 3.22. The average molecular weight is 420 g/mol. The van der Waals surface area contributed by atoms with E-state index in [1.165, 1.54) is 6.07 Å². The van der Waals surface area contributed by atoms with Crippen molar-refractivity contribution in [3.8, 4) is 5.75 Å². The molecule has 1 atom stereocenters. The quantitative estimate of drug-likeness (QED) is 0.550. The number of rotatable bonds is 6. The van der Waals surface area contributed by atoms with Gasteiger partial charge in [0.05, 0.1) is 18.4 Å². The molecule has 1 aliphatic rings. The van der Waals surface area contributed by atoms with Crippen LogP contribution in [-0.4, -0.2) is 39.8 Å². The van der Waals surface area contributed by atoms with Crippen LogP contribution in [0.4, 0.5) is 18.9 Å². The molecule has 5 nitrogen and oxygen atoms in total. The first-order valence-electron chi connectivity index (χ1n) is 9.89. The lowest BCUT2D eigenvalue weighted by molar-refractivity contribution is -0.137. The maximum absolute atomic E-state index is 12.9. The van der Waals surface area contributed by atoms with Gasteiger partial charge in [0.25, 0.3) is 0 Å². The number of guanidine groups is 1. The number of aliphatic imine (C=N–C) groups is 1. The van der Waals surface area contributed by atoms with E-state index in [1.807, 2.05) is 18.2 Å². The van der Waals surface area contributed by atoms with Crippen LogP contribution in [0.5, 0.6) is 5.75 Å². The van der Waals surface area contributed by atoms with E-state index >= 15 is 0 Å². The Balaban J connectivity index is 1.49. The zero-order valence-electron chi connectivity index (χ0n) is 17.2. The van der Waals surface area contributed by atoms with Gasteiger partial charge in [0.2, 0.25) is 0 Å². The molecule has 2 aromatic rings. The Morgan fingerprint density at radius 3 is 2.70 bits per heavy atom. The number of methoxy groups -OCH3 is 1. The van der Waals surface area contributed by atoms with Crippen LogP contribution in [0.1, 0.15) is 17.5 Å². The Morgan fingerprint density at radius 1 is 1.17 bits per heavy atom. The topological polar surface area (TPSA) is 48.9 Å². The number of para-hydroxylation sites is 2. The molecule has 0 aliphatic carbocycles. The van der Waals surface area contributed by atoms with Gasteiger partial charge in [-0.3, -0.25) is 4.99 Å². The summed E-state index contributed by atoms with van der Waals surface area (Å²) in [6, 6.07) is 13.3. The van der Waals surface area contributed by atoms with Gasteiger partial charge >= 0.3 is 6.18 Å². The highest BCUT2D eigenvalue weighted by atomic mass is 19.4. The standard InChI is InChI=1S/C22H27F3N4O/c1-26-21(27-13-16-6-5-7-18(12-16)22(23,24)25)28-14-17-10-11-29(15-17)19-8-3-4-9-20(19)30-2/h3-9,12,17H,10-11,13-15H2,1-2H3,(H2,26,27,28). The molecule has 2 aromatic carbocycles. The number of ether oxygens (including phenoxy) is 1. The fourth-order valence-electron chi connectivity index (χ4n) is 3.61. The highest BCUT2D eigenvalue weighted by Crippen LogP contribution is 2.32. The van der Waals surface area contributed by atoms with Crippen LogP contribution in [0.3, 0.4) is 0 Å². The van der Waals surface area contributed by atoms with Crippen LogP contribution < -0.4 is 20.3 Å². The third-order valence-corrected chi connectivity index (χ3v) is 5.21. The molecule has 1 fully saturated rings. The largest absolute Gasteiger partial charge is 0.495 e. The van der Waals surface area contributed by atoms with Crippen LogP contribution in [0, 0.1) is 5.92 Å². The van der Waals surface area contributed by atoms with Gasteiger partial charge in [-0.1, -0.05) is 24.3 Å². The monoisotopic (exact) mass is 420 g/mol. The lowest BCUT2D eigenvalue weighted by atomic mass is 10.1. The fourth-order valence-corrected chi connectivity index (χ4v) is 3.61. The first kappa shape index (κ1) is 21.8. The van der Waals surface area contributed by atoms with E-state index in [2.05, 4.69) is 26.6 Å². The molecule has 0 bridgehead atoms. The Kier molecular flexibility index (Phi) is 7.07. The van der Waals surface area contributed by atoms with Crippen molar-refractivity contribution in [1.29, 1.82) is 0 Å². The minimum absolute atomic E-state index is 0.265. The summed E-state index contributed by atoms with van der Waals surface area (Å²) in [5.41, 5.74) is 0.998. The fraction of sp³-hybridized carbons (Fsp3) is 0.409. The lowest BCUT2D eigenvalue weighted by Crippen LogP contribution is -2.40. The summed E-state index contributed by atoms with van der Waals surface area (Å²) in [4.78, 5) is 6.49. The number of nitrogens with one attached hydrogen (secondary N) is 2. The first-order valence-corrected chi connectivity index (χ1v) is 9.89. The molecule has 0 aromatic heterocycles. The molecule has 1 unspecified atom stereocenters. The molecule has 0 spiro atoms. The zero-order chi connectivity index (χ0) is 21.6. The molecule has 1 aliphatic heterocycles. The van der Waals surface area contributed by atoms with Crippen molar-refractivity contribution in [2.75, 3.05) is 38.7 Å². The van der Waals surface area contributed by atoms with E-state index in [-0.39, 0.29) is 6.54 Å². The summed E-state index contributed by atoms with van der Waals surface area (Å²) in [6.07, 6.45) is -3.30.